The topological polar surface area (TPSA) is 55.6 Å². The van der Waals surface area contributed by atoms with E-state index in [-0.39, 0.29) is 11.9 Å². The van der Waals surface area contributed by atoms with Crippen molar-refractivity contribution in [2.75, 3.05) is 18.6 Å². The molecule has 1 amide bonds. The summed E-state index contributed by atoms with van der Waals surface area (Å²) in [6.07, 6.45) is 0.415. The zero-order valence-electron chi connectivity index (χ0n) is 8.64. The van der Waals surface area contributed by atoms with Gasteiger partial charge in [-0.2, -0.15) is 0 Å². The van der Waals surface area contributed by atoms with Gasteiger partial charge in [-0.15, -0.1) is 0 Å². The second-order valence-corrected chi connectivity index (χ2v) is 3.64. The van der Waals surface area contributed by atoms with Gasteiger partial charge in [-0.05, 0) is 12.1 Å². The number of carbonyl (C=O) groups excluding carboxylic acids is 1. The van der Waals surface area contributed by atoms with Crippen molar-refractivity contribution in [3.63, 3.8) is 0 Å². The van der Waals surface area contributed by atoms with Gasteiger partial charge in [0.1, 0.15) is 5.75 Å². The molecule has 15 heavy (non-hydrogen) atoms. The number of hydrogen-bond acceptors (Lipinski definition) is 3. The standard InChI is InChI=1S/C11H14N2O2/c1-15-10-5-3-2-4-9(10)13-7-8(12)6-11(13)14/h2-5,8H,6-7,12H2,1H3. The van der Waals surface area contributed by atoms with Gasteiger partial charge in [0.15, 0.2) is 0 Å². The van der Waals surface area contributed by atoms with E-state index >= 15 is 0 Å². The van der Waals surface area contributed by atoms with E-state index < -0.39 is 0 Å². The van der Waals surface area contributed by atoms with Crippen LogP contribution in [-0.4, -0.2) is 25.6 Å². The number of ether oxygens (including phenoxy) is 1. The van der Waals surface area contributed by atoms with Gasteiger partial charge in [0.05, 0.1) is 12.8 Å². The van der Waals surface area contributed by atoms with Gasteiger partial charge in [-0.3, -0.25) is 4.79 Å². The molecule has 0 aliphatic carbocycles. The number of rotatable bonds is 2. The molecule has 2 rings (SSSR count). The number of amides is 1. The van der Waals surface area contributed by atoms with Gasteiger partial charge in [0, 0.05) is 19.0 Å². The molecule has 1 atom stereocenters. The lowest BCUT2D eigenvalue weighted by atomic mass is 10.2. The molecule has 0 spiro atoms. The largest absolute Gasteiger partial charge is 0.495 e. The summed E-state index contributed by atoms with van der Waals surface area (Å²) < 4.78 is 5.21. The maximum Gasteiger partial charge on any atom is 0.228 e. The minimum absolute atomic E-state index is 0.0620. The van der Waals surface area contributed by atoms with Crippen molar-refractivity contribution in [3.05, 3.63) is 24.3 Å². The smallest absolute Gasteiger partial charge is 0.228 e. The first kappa shape index (κ1) is 9.98. The third-order valence-corrected chi connectivity index (χ3v) is 2.53. The molecule has 0 saturated carbocycles. The quantitative estimate of drug-likeness (QED) is 0.777. The molecule has 0 aromatic heterocycles. The van der Waals surface area contributed by atoms with Crippen LogP contribution in [0.2, 0.25) is 0 Å². The van der Waals surface area contributed by atoms with E-state index in [1.807, 2.05) is 24.3 Å². The van der Waals surface area contributed by atoms with Crippen LogP contribution in [0.3, 0.4) is 0 Å². The van der Waals surface area contributed by atoms with Crippen molar-refractivity contribution in [2.45, 2.75) is 12.5 Å². The van der Waals surface area contributed by atoms with Crippen LogP contribution in [0.5, 0.6) is 5.75 Å². The van der Waals surface area contributed by atoms with Gasteiger partial charge in [-0.25, -0.2) is 0 Å². The lowest BCUT2D eigenvalue weighted by Gasteiger charge is -2.18. The highest BCUT2D eigenvalue weighted by Crippen LogP contribution is 2.30. The summed E-state index contributed by atoms with van der Waals surface area (Å²) in [5.74, 6) is 0.770. The summed E-state index contributed by atoms with van der Waals surface area (Å²) in [5.41, 5.74) is 6.54. The Labute approximate surface area is 88.6 Å². The van der Waals surface area contributed by atoms with Crippen molar-refractivity contribution < 1.29 is 9.53 Å². The fraction of sp³-hybridized carbons (Fsp3) is 0.364. The van der Waals surface area contributed by atoms with Crippen molar-refractivity contribution in [2.24, 2.45) is 5.73 Å². The van der Waals surface area contributed by atoms with Crippen molar-refractivity contribution in [3.8, 4) is 5.75 Å². The summed E-state index contributed by atoms with van der Waals surface area (Å²) in [5, 5.41) is 0. The van der Waals surface area contributed by atoms with Crippen LogP contribution in [0.1, 0.15) is 6.42 Å². The molecule has 1 heterocycles. The number of nitrogens with zero attached hydrogens (tertiary/aromatic N) is 1. The third-order valence-electron chi connectivity index (χ3n) is 2.53. The molecule has 1 aliphatic heterocycles. The van der Waals surface area contributed by atoms with Crippen LogP contribution in [0.25, 0.3) is 0 Å². The van der Waals surface area contributed by atoms with Gasteiger partial charge in [0.25, 0.3) is 0 Å². The molecule has 1 unspecified atom stereocenters. The van der Waals surface area contributed by atoms with Crippen molar-refractivity contribution >= 4 is 11.6 Å². The molecular formula is C11H14N2O2. The minimum atomic E-state index is -0.0672. The number of hydrogen-bond donors (Lipinski definition) is 1. The number of benzene rings is 1. The van der Waals surface area contributed by atoms with E-state index in [2.05, 4.69) is 0 Å². The second-order valence-electron chi connectivity index (χ2n) is 3.64. The van der Waals surface area contributed by atoms with Crippen LogP contribution in [0.15, 0.2) is 24.3 Å². The Bertz CT molecular complexity index is 379. The van der Waals surface area contributed by atoms with E-state index in [0.29, 0.717) is 18.7 Å². The summed E-state index contributed by atoms with van der Waals surface area (Å²) >= 11 is 0. The normalized spacial score (nSPS) is 20.8. The average molecular weight is 206 g/mol. The van der Waals surface area contributed by atoms with Crippen molar-refractivity contribution in [1.82, 2.24) is 0 Å². The highest BCUT2D eigenvalue weighted by atomic mass is 16.5. The van der Waals surface area contributed by atoms with Crippen LogP contribution < -0.4 is 15.4 Å². The maximum atomic E-state index is 11.6. The Morgan fingerprint density at radius 3 is 2.80 bits per heavy atom. The monoisotopic (exact) mass is 206 g/mol. The number of nitrogens with two attached hydrogens (primary N) is 1. The van der Waals surface area contributed by atoms with E-state index in [9.17, 15) is 4.79 Å². The van der Waals surface area contributed by atoms with E-state index in [4.69, 9.17) is 10.5 Å². The first-order chi connectivity index (χ1) is 7.22. The van der Waals surface area contributed by atoms with Gasteiger partial charge in [0.2, 0.25) is 5.91 Å². The zero-order chi connectivity index (χ0) is 10.8. The summed E-state index contributed by atoms with van der Waals surface area (Å²) in [4.78, 5) is 13.3. The SMILES string of the molecule is COc1ccccc1N1CC(N)CC1=O. The van der Waals surface area contributed by atoms with E-state index in [0.717, 1.165) is 5.69 Å². The first-order valence-corrected chi connectivity index (χ1v) is 4.91. The Balaban J connectivity index is 2.33. The molecule has 80 valence electrons. The molecule has 1 fully saturated rings. The van der Waals surface area contributed by atoms with Gasteiger partial charge in [-0.1, -0.05) is 12.1 Å². The molecule has 0 bridgehead atoms. The molecule has 4 heteroatoms. The zero-order valence-corrected chi connectivity index (χ0v) is 8.64. The first-order valence-electron chi connectivity index (χ1n) is 4.91. The van der Waals surface area contributed by atoms with Crippen LogP contribution in [0.4, 0.5) is 5.69 Å². The molecule has 4 nitrogen and oxygen atoms in total. The lowest BCUT2D eigenvalue weighted by Crippen LogP contribution is -2.28. The third kappa shape index (κ3) is 1.80. The Hall–Kier alpha value is -1.55. The summed E-state index contributed by atoms with van der Waals surface area (Å²) in [6.45, 7) is 0.569. The molecule has 1 saturated heterocycles. The van der Waals surface area contributed by atoms with Crippen LogP contribution >= 0.6 is 0 Å². The molecule has 1 aromatic carbocycles. The highest BCUT2D eigenvalue weighted by molar-refractivity contribution is 5.97. The maximum absolute atomic E-state index is 11.6. The number of para-hydroxylation sites is 2. The Kier molecular flexibility index (Phi) is 2.60. The van der Waals surface area contributed by atoms with Crippen LogP contribution in [0, 0.1) is 0 Å². The molecule has 1 aromatic rings. The van der Waals surface area contributed by atoms with Crippen molar-refractivity contribution in [1.29, 1.82) is 0 Å². The summed E-state index contributed by atoms with van der Waals surface area (Å²) in [7, 11) is 1.60. The molecule has 2 N–H and O–H groups in total. The lowest BCUT2D eigenvalue weighted by molar-refractivity contribution is -0.117. The fourth-order valence-electron chi connectivity index (χ4n) is 1.82. The number of carbonyl (C=O) groups is 1. The Morgan fingerprint density at radius 2 is 2.20 bits per heavy atom. The Morgan fingerprint density at radius 1 is 1.47 bits per heavy atom. The second kappa shape index (κ2) is 3.90. The van der Waals surface area contributed by atoms with E-state index in [1.165, 1.54) is 0 Å². The van der Waals surface area contributed by atoms with Gasteiger partial charge < -0.3 is 15.4 Å². The molecule has 1 aliphatic rings. The minimum Gasteiger partial charge on any atom is -0.495 e. The van der Waals surface area contributed by atoms with Crippen LogP contribution in [-0.2, 0) is 4.79 Å². The molecular weight excluding hydrogens is 192 g/mol. The fourth-order valence-corrected chi connectivity index (χ4v) is 1.82. The highest BCUT2D eigenvalue weighted by Gasteiger charge is 2.29. The number of anilines is 1. The van der Waals surface area contributed by atoms with Gasteiger partial charge >= 0.3 is 0 Å². The van der Waals surface area contributed by atoms with E-state index in [1.54, 1.807) is 12.0 Å². The summed E-state index contributed by atoms with van der Waals surface area (Å²) in [6, 6.07) is 7.40. The number of methoxy groups -OCH3 is 1. The predicted molar refractivity (Wildman–Crippen MR) is 57.9 cm³/mol. The predicted octanol–water partition coefficient (Wildman–Crippen LogP) is 0.759. The average Bonchev–Trinajstić information content (AvgIpc) is 2.57. The molecule has 0 radical (unpaired) electrons.